The Kier molecular flexibility index (Phi) is 4.45. The van der Waals surface area contributed by atoms with Gasteiger partial charge in [0.05, 0.1) is 16.1 Å². The van der Waals surface area contributed by atoms with Gasteiger partial charge in [0.1, 0.15) is 12.4 Å². The van der Waals surface area contributed by atoms with E-state index in [0.29, 0.717) is 28.3 Å². The molecule has 0 radical (unpaired) electrons. The summed E-state index contributed by atoms with van der Waals surface area (Å²) in [6.45, 7) is 4.71. The predicted molar refractivity (Wildman–Crippen MR) is 79.9 cm³/mol. The van der Waals surface area contributed by atoms with Gasteiger partial charge in [0.2, 0.25) is 5.91 Å². The molecule has 0 fully saturated rings. The van der Waals surface area contributed by atoms with E-state index in [1.54, 1.807) is 4.57 Å². The summed E-state index contributed by atoms with van der Waals surface area (Å²) in [6, 6.07) is 2.74. The standard InChI is InChI=1S/C13H15ClFN3OS/c1-7(2)5-16-12(19)6-18-11-3-8(14)9(15)4-10(11)17-13(18)20/h3-4,7H,5-6H2,1-2H3,(H,16,19)(H,17,20). The average Bonchev–Trinajstić information content (AvgIpc) is 2.64. The highest BCUT2D eigenvalue weighted by molar-refractivity contribution is 7.71. The summed E-state index contributed by atoms with van der Waals surface area (Å²) in [5.74, 6) is -0.290. The van der Waals surface area contributed by atoms with Gasteiger partial charge in [0.25, 0.3) is 0 Å². The first-order valence-electron chi connectivity index (χ1n) is 6.22. The van der Waals surface area contributed by atoms with E-state index in [2.05, 4.69) is 10.3 Å². The summed E-state index contributed by atoms with van der Waals surface area (Å²) >= 11 is 10.9. The molecule has 0 spiro atoms. The van der Waals surface area contributed by atoms with Crippen molar-refractivity contribution in [3.63, 3.8) is 0 Å². The minimum atomic E-state index is -0.521. The molecule has 0 saturated heterocycles. The molecule has 0 saturated carbocycles. The minimum Gasteiger partial charge on any atom is -0.354 e. The molecule has 108 valence electrons. The Morgan fingerprint density at radius 1 is 1.55 bits per heavy atom. The number of imidazole rings is 1. The zero-order valence-corrected chi connectivity index (χ0v) is 12.7. The van der Waals surface area contributed by atoms with E-state index in [9.17, 15) is 9.18 Å². The second-order valence-electron chi connectivity index (χ2n) is 5.00. The Hall–Kier alpha value is -1.40. The first-order valence-corrected chi connectivity index (χ1v) is 7.01. The van der Waals surface area contributed by atoms with Gasteiger partial charge in [-0.25, -0.2) is 4.39 Å². The minimum absolute atomic E-state index is 0.00263. The lowest BCUT2D eigenvalue weighted by Gasteiger charge is -2.09. The van der Waals surface area contributed by atoms with Crippen LogP contribution >= 0.6 is 23.8 Å². The molecule has 2 N–H and O–H groups in total. The molecular formula is C13H15ClFN3OS. The second-order valence-corrected chi connectivity index (χ2v) is 5.79. The van der Waals surface area contributed by atoms with Crippen molar-refractivity contribution in [1.29, 1.82) is 0 Å². The van der Waals surface area contributed by atoms with Gasteiger partial charge in [-0.15, -0.1) is 0 Å². The zero-order valence-electron chi connectivity index (χ0n) is 11.2. The largest absolute Gasteiger partial charge is 0.354 e. The molecule has 0 atom stereocenters. The molecular weight excluding hydrogens is 301 g/mol. The maximum atomic E-state index is 13.4. The van der Waals surface area contributed by atoms with Crippen molar-refractivity contribution in [2.45, 2.75) is 20.4 Å². The molecule has 7 heteroatoms. The number of amides is 1. The van der Waals surface area contributed by atoms with Crippen molar-refractivity contribution in [3.05, 3.63) is 27.7 Å². The number of H-pyrrole nitrogens is 1. The van der Waals surface area contributed by atoms with Crippen LogP contribution in [0.15, 0.2) is 12.1 Å². The molecule has 0 aliphatic heterocycles. The van der Waals surface area contributed by atoms with E-state index >= 15 is 0 Å². The molecule has 1 amide bonds. The normalized spacial score (nSPS) is 11.2. The number of carbonyl (C=O) groups is 1. The lowest BCUT2D eigenvalue weighted by molar-refractivity contribution is -0.121. The van der Waals surface area contributed by atoms with Crippen molar-refractivity contribution < 1.29 is 9.18 Å². The summed E-state index contributed by atoms with van der Waals surface area (Å²) in [7, 11) is 0. The van der Waals surface area contributed by atoms with E-state index in [4.69, 9.17) is 23.8 Å². The summed E-state index contributed by atoms with van der Waals surface area (Å²) < 4.78 is 15.4. The van der Waals surface area contributed by atoms with Crippen LogP contribution in [0, 0.1) is 16.5 Å². The first-order chi connectivity index (χ1) is 9.38. The molecule has 0 unspecified atom stereocenters. The predicted octanol–water partition coefficient (Wildman–Crippen LogP) is 3.26. The van der Waals surface area contributed by atoms with E-state index < -0.39 is 5.82 Å². The van der Waals surface area contributed by atoms with Gasteiger partial charge >= 0.3 is 0 Å². The quantitative estimate of drug-likeness (QED) is 0.851. The van der Waals surface area contributed by atoms with Gasteiger partial charge in [-0.1, -0.05) is 25.4 Å². The number of hydrogen-bond donors (Lipinski definition) is 2. The van der Waals surface area contributed by atoms with E-state index in [0.717, 1.165) is 0 Å². The Bertz CT molecular complexity index is 707. The Labute approximate surface area is 125 Å². The number of fused-ring (bicyclic) bond motifs is 1. The highest BCUT2D eigenvalue weighted by Crippen LogP contribution is 2.22. The van der Waals surface area contributed by atoms with Crippen molar-refractivity contribution in [2.24, 2.45) is 5.92 Å². The van der Waals surface area contributed by atoms with Crippen LogP contribution in [0.3, 0.4) is 0 Å². The SMILES string of the molecule is CC(C)CNC(=O)Cn1c(=S)[nH]c2cc(F)c(Cl)cc21. The highest BCUT2D eigenvalue weighted by Gasteiger charge is 2.12. The van der Waals surface area contributed by atoms with Crippen molar-refractivity contribution in [2.75, 3.05) is 6.54 Å². The zero-order chi connectivity index (χ0) is 14.9. The van der Waals surface area contributed by atoms with Crippen LogP contribution in [0.4, 0.5) is 4.39 Å². The summed E-state index contributed by atoms with van der Waals surface area (Å²) in [6.07, 6.45) is 0. The van der Waals surface area contributed by atoms with Gasteiger partial charge < -0.3 is 14.9 Å². The molecule has 20 heavy (non-hydrogen) atoms. The Morgan fingerprint density at radius 3 is 2.90 bits per heavy atom. The van der Waals surface area contributed by atoms with Crippen molar-refractivity contribution in [3.8, 4) is 0 Å². The van der Waals surface area contributed by atoms with E-state index in [1.165, 1.54) is 12.1 Å². The van der Waals surface area contributed by atoms with E-state index in [1.807, 2.05) is 13.8 Å². The number of nitrogens with one attached hydrogen (secondary N) is 2. The van der Waals surface area contributed by atoms with Gasteiger partial charge in [0, 0.05) is 12.6 Å². The maximum absolute atomic E-state index is 13.4. The van der Waals surface area contributed by atoms with Crippen LogP contribution in [-0.2, 0) is 11.3 Å². The van der Waals surface area contributed by atoms with Gasteiger partial charge in [-0.3, -0.25) is 4.79 Å². The second kappa shape index (κ2) is 5.93. The molecule has 0 bridgehead atoms. The smallest absolute Gasteiger partial charge is 0.240 e. The van der Waals surface area contributed by atoms with Crippen LogP contribution in [0.25, 0.3) is 11.0 Å². The van der Waals surface area contributed by atoms with Crippen LogP contribution in [0.2, 0.25) is 5.02 Å². The molecule has 0 aliphatic carbocycles. The Morgan fingerprint density at radius 2 is 2.25 bits per heavy atom. The molecule has 2 rings (SSSR count). The number of carbonyl (C=O) groups excluding carboxylic acids is 1. The molecule has 1 aromatic heterocycles. The Balaban J connectivity index is 2.30. The third-order valence-electron chi connectivity index (χ3n) is 2.83. The van der Waals surface area contributed by atoms with Crippen LogP contribution in [0.1, 0.15) is 13.8 Å². The summed E-state index contributed by atoms with van der Waals surface area (Å²) in [5.41, 5.74) is 1.13. The molecule has 0 aliphatic rings. The highest BCUT2D eigenvalue weighted by atomic mass is 35.5. The van der Waals surface area contributed by atoms with Gasteiger partial charge in [0.15, 0.2) is 4.77 Å². The van der Waals surface area contributed by atoms with Crippen LogP contribution in [0.5, 0.6) is 0 Å². The fraction of sp³-hybridized carbons (Fsp3) is 0.385. The molecule has 1 aromatic carbocycles. The lowest BCUT2D eigenvalue weighted by atomic mass is 10.2. The number of aromatic amines is 1. The van der Waals surface area contributed by atoms with E-state index in [-0.39, 0.29) is 17.5 Å². The fourth-order valence-electron chi connectivity index (χ4n) is 1.83. The van der Waals surface area contributed by atoms with Crippen molar-refractivity contribution >= 4 is 40.8 Å². The third kappa shape index (κ3) is 3.19. The molecule has 1 heterocycles. The molecule has 2 aromatic rings. The average molecular weight is 316 g/mol. The third-order valence-corrected chi connectivity index (χ3v) is 3.44. The number of nitrogens with zero attached hydrogens (tertiary/aromatic N) is 1. The summed E-state index contributed by atoms with van der Waals surface area (Å²) in [5, 5.41) is 2.81. The topological polar surface area (TPSA) is 49.8 Å². The molecule has 4 nitrogen and oxygen atoms in total. The van der Waals surface area contributed by atoms with Crippen molar-refractivity contribution in [1.82, 2.24) is 14.9 Å². The lowest BCUT2D eigenvalue weighted by Crippen LogP contribution is -2.30. The fourth-order valence-corrected chi connectivity index (χ4v) is 2.26. The first kappa shape index (κ1) is 15.0. The van der Waals surface area contributed by atoms with Gasteiger partial charge in [-0.2, -0.15) is 0 Å². The van der Waals surface area contributed by atoms with Crippen LogP contribution in [-0.4, -0.2) is 22.0 Å². The van der Waals surface area contributed by atoms with Gasteiger partial charge in [-0.05, 0) is 24.2 Å². The number of rotatable bonds is 4. The monoisotopic (exact) mass is 315 g/mol. The maximum Gasteiger partial charge on any atom is 0.240 e. The summed E-state index contributed by atoms with van der Waals surface area (Å²) in [4.78, 5) is 14.7. The number of hydrogen-bond acceptors (Lipinski definition) is 2. The van der Waals surface area contributed by atoms with Crippen LogP contribution < -0.4 is 5.32 Å². The number of halogens is 2. The number of aromatic nitrogens is 2. The number of benzene rings is 1.